The fourth-order valence-corrected chi connectivity index (χ4v) is 6.62. The first-order chi connectivity index (χ1) is 18.3. The molecule has 0 amide bonds. The molecule has 1 unspecified atom stereocenters. The number of hydrogen-bond donors (Lipinski definition) is 1. The minimum Gasteiger partial charge on any atom is -0.493 e. The molecule has 8 nitrogen and oxygen atoms in total. The summed E-state index contributed by atoms with van der Waals surface area (Å²) in [5, 5.41) is 10.1. The summed E-state index contributed by atoms with van der Waals surface area (Å²) in [5.41, 5.74) is 8.08. The zero-order valence-corrected chi connectivity index (χ0v) is 21.5. The van der Waals surface area contributed by atoms with E-state index in [1.54, 1.807) is 42.5 Å². The summed E-state index contributed by atoms with van der Waals surface area (Å²) < 4.78 is 60.4. The van der Waals surface area contributed by atoms with Gasteiger partial charge in [-0.15, -0.1) is 0 Å². The van der Waals surface area contributed by atoms with Crippen LogP contribution in [-0.2, 0) is 21.3 Å². The number of rotatable bonds is 6. The lowest BCUT2D eigenvalue weighted by Gasteiger charge is -2.38. The summed E-state index contributed by atoms with van der Waals surface area (Å²) in [7, 11) is -2.79. The van der Waals surface area contributed by atoms with E-state index in [0.717, 1.165) is 0 Å². The summed E-state index contributed by atoms with van der Waals surface area (Å²) >= 11 is 0. The van der Waals surface area contributed by atoms with Crippen molar-refractivity contribution in [3.63, 3.8) is 0 Å². The van der Waals surface area contributed by atoms with Crippen molar-refractivity contribution in [2.45, 2.75) is 19.4 Å². The number of halogens is 1. The molecule has 0 saturated heterocycles. The van der Waals surface area contributed by atoms with Gasteiger partial charge >= 0.3 is 0 Å². The highest BCUT2D eigenvalue weighted by Gasteiger charge is 2.47. The van der Waals surface area contributed by atoms with E-state index in [4.69, 9.17) is 19.9 Å². The third kappa shape index (κ3) is 4.11. The Hall–Kier alpha value is -4.49. The molecule has 0 fully saturated rings. The Balaban J connectivity index is 1.73. The van der Waals surface area contributed by atoms with Gasteiger partial charge in [0.2, 0.25) is 5.88 Å². The molecular weight excluding hydrogens is 509 g/mol. The predicted molar refractivity (Wildman–Crippen MR) is 140 cm³/mol. The van der Waals surface area contributed by atoms with Crippen molar-refractivity contribution in [2.24, 2.45) is 5.73 Å². The van der Waals surface area contributed by atoms with Gasteiger partial charge in [0.25, 0.3) is 10.0 Å². The van der Waals surface area contributed by atoms with E-state index in [1.807, 2.05) is 13.0 Å². The summed E-state index contributed by atoms with van der Waals surface area (Å²) in [5.74, 6) is -0.755. The van der Waals surface area contributed by atoms with Crippen molar-refractivity contribution in [2.75, 3.05) is 18.0 Å². The van der Waals surface area contributed by atoms with E-state index in [2.05, 4.69) is 0 Å². The third-order valence-electron chi connectivity index (χ3n) is 6.42. The van der Waals surface area contributed by atoms with Crippen LogP contribution in [0.15, 0.2) is 83.1 Å². The van der Waals surface area contributed by atoms with Crippen LogP contribution in [0.1, 0.15) is 29.5 Å². The number of anilines is 1. The van der Waals surface area contributed by atoms with Crippen LogP contribution in [0.4, 0.5) is 10.1 Å². The van der Waals surface area contributed by atoms with E-state index in [1.165, 1.54) is 35.7 Å². The van der Waals surface area contributed by atoms with Gasteiger partial charge in [0, 0.05) is 5.56 Å². The Morgan fingerprint density at radius 2 is 1.84 bits per heavy atom. The molecule has 2 aliphatic rings. The van der Waals surface area contributed by atoms with Gasteiger partial charge in [-0.05, 0) is 54.4 Å². The second kappa shape index (κ2) is 9.76. The molecule has 2 N–H and O–H groups in total. The van der Waals surface area contributed by atoms with Crippen molar-refractivity contribution in [1.29, 1.82) is 5.26 Å². The van der Waals surface area contributed by atoms with Crippen LogP contribution in [-0.4, -0.2) is 22.1 Å². The van der Waals surface area contributed by atoms with E-state index in [-0.39, 0.29) is 28.7 Å². The minimum atomic E-state index is -4.27. The molecule has 0 aliphatic carbocycles. The molecule has 0 bridgehead atoms. The number of para-hydroxylation sites is 1. The van der Waals surface area contributed by atoms with E-state index < -0.39 is 21.8 Å². The maximum atomic E-state index is 14.3. The molecule has 0 saturated carbocycles. The first kappa shape index (κ1) is 25.2. The van der Waals surface area contributed by atoms with Gasteiger partial charge in [0.15, 0.2) is 17.3 Å². The van der Waals surface area contributed by atoms with Crippen LogP contribution < -0.4 is 19.5 Å². The predicted octanol–water partition coefficient (Wildman–Crippen LogP) is 4.76. The van der Waals surface area contributed by atoms with Gasteiger partial charge in [0.05, 0.1) is 31.9 Å². The van der Waals surface area contributed by atoms with Crippen LogP contribution in [0, 0.1) is 17.1 Å². The molecule has 2 aliphatic heterocycles. The lowest BCUT2D eigenvalue weighted by Crippen LogP contribution is -2.39. The number of nitriles is 1. The van der Waals surface area contributed by atoms with Gasteiger partial charge in [-0.1, -0.05) is 30.3 Å². The van der Waals surface area contributed by atoms with E-state index in [0.29, 0.717) is 40.5 Å². The van der Waals surface area contributed by atoms with Gasteiger partial charge in [-0.3, -0.25) is 4.31 Å². The number of ether oxygens (including phenoxy) is 3. The van der Waals surface area contributed by atoms with Crippen LogP contribution in [0.3, 0.4) is 0 Å². The molecule has 3 aromatic carbocycles. The van der Waals surface area contributed by atoms with Gasteiger partial charge in [-0.25, -0.2) is 12.8 Å². The van der Waals surface area contributed by atoms with Gasteiger partial charge < -0.3 is 19.9 Å². The number of nitrogens with zero attached hydrogens (tertiary/aromatic N) is 2. The SMILES string of the molecule is CCOc1ccc(C2C(C#N)=C(N)OC3=C2S(=O)(=O)N(Cc2ccc(F)cc2)c2ccccc23)cc1OC. The first-order valence-corrected chi connectivity index (χ1v) is 13.2. The maximum absolute atomic E-state index is 14.3. The second-order valence-corrected chi connectivity index (χ2v) is 10.4. The van der Waals surface area contributed by atoms with Crippen LogP contribution in [0.2, 0.25) is 0 Å². The zero-order valence-electron chi connectivity index (χ0n) is 20.6. The van der Waals surface area contributed by atoms with Crippen molar-refractivity contribution in [3.05, 3.63) is 106 Å². The molecule has 0 spiro atoms. The Bertz CT molecular complexity index is 1620. The summed E-state index contributed by atoms with van der Waals surface area (Å²) in [6.45, 7) is 2.18. The van der Waals surface area contributed by atoms with Crippen molar-refractivity contribution >= 4 is 21.5 Å². The largest absolute Gasteiger partial charge is 0.493 e. The normalized spacial score (nSPS) is 17.7. The molecule has 5 rings (SSSR count). The number of fused-ring (bicyclic) bond motifs is 2. The monoisotopic (exact) mass is 533 g/mol. The van der Waals surface area contributed by atoms with Crippen molar-refractivity contribution in [1.82, 2.24) is 0 Å². The van der Waals surface area contributed by atoms with E-state index in [9.17, 15) is 18.1 Å². The Morgan fingerprint density at radius 3 is 2.53 bits per heavy atom. The molecule has 2 heterocycles. The first-order valence-electron chi connectivity index (χ1n) is 11.8. The standard InChI is InChI=1S/C28H24FN3O5S/c1-3-36-23-13-10-18(14-24(23)35-2)25-21(15-30)28(31)37-26-20-6-4-5-7-22(20)32(38(33,34)27(25)26)16-17-8-11-19(29)12-9-17/h4-14,25H,3,16,31H2,1-2H3. The highest BCUT2D eigenvalue weighted by atomic mass is 32.2. The molecule has 194 valence electrons. The Morgan fingerprint density at radius 1 is 1.11 bits per heavy atom. The number of allylic oxidation sites excluding steroid dienone is 2. The highest BCUT2D eigenvalue weighted by molar-refractivity contribution is 7.96. The lowest BCUT2D eigenvalue weighted by molar-refractivity contribution is 0.310. The number of methoxy groups -OCH3 is 1. The molecule has 0 aromatic heterocycles. The highest BCUT2D eigenvalue weighted by Crippen LogP contribution is 2.52. The molecule has 10 heteroatoms. The Kier molecular flexibility index (Phi) is 6.46. The summed E-state index contributed by atoms with van der Waals surface area (Å²) in [6, 6.07) is 19.5. The number of hydrogen-bond acceptors (Lipinski definition) is 7. The van der Waals surface area contributed by atoms with Crippen LogP contribution in [0.5, 0.6) is 11.5 Å². The van der Waals surface area contributed by atoms with Crippen LogP contribution >= 0.6 is 0 Å². The number of benzene rings is 3. The second-order valence-electron chi connectivity index (χ2n) is 8.62. The molecular formula is C28H24FN3O5S. The Labute approximate surface area is 220 Å². The smallest absolute Gasteiger partial charge is 0.265 e. The van der Waals surface area contributed by atoms with Crippen molar-refractivity contribution in [3.8, 4) is 17.6 Å². The average molecular weight is 534 g/mol. The van der Waals surface area contributed by atoms with Gasteiger partial charge in [-0.2, -0.15) is 5.26 Å². The zero-order chi connectivity index (χ0) is 27.0. The molecule has 3 aromatic rings. The fourth-order valence-electron chi connectivity index (χ4n) is 4.71. The topological polar surface area (TPSA) is 115 Å². The average Bonchev–Trinajstić information content (AvgIpc) is 2.91. The molecule has 1 atom stereocenters. The maximum Gasteiger partial charge on any atom is 0.265 e. The minimum absolute atomic E-state index is 0.0420. The third-order valence-corrected chi connectivity index (χ3v) is 8.30. The quantitative estimate of drug-likeness (QED) is 0.486. The summed E-state index contributed by atoms with van der Waals surface area (Å²) in [6.07, 6.45) is 0. The molecule has 38 heavy (non-hydrogen) atoms. The van der Waals surface area contributed by atoms with Gasteiger partial charge in [0.1, 0.15) is 22.4 Å². The molecule has 0 radical (unpaired) electrons. The number of sulfonamides is 1. The van der Waals surface area contributed by atoms with E-state index >= 15 is 0 Å². The number of nitrogens with two attached hydrogens (primary N) is 1. The lowest BCUT2D eigenvalue weighted by atomic mass is 9.88. The summed E-state index contributed by atoms with van der Waals surface area (Å²) in [4.78, 5) is -0.115. The van der Waals surface area contributed by atoms with Crippen molar-refractivity contribution < 1.29 is 27.0 Å². The fraction of sp³-hybridized carbons (Fsp3) is 0.179. The van der Waals surface area contributed by atoms with Crippen LogP contribution in [0.25, 0.3) is 5.76 Å².